The fourth-order valence-corrected chi connectivity index (χ4v) is 4.26. The van der Waals surface area contributed by atoms with Crippen LogP contribution < -0.4 is 10.6 Å². The Labute approximate surface area is 203 Å². The number of carbonyl (C=O) groups is 4. The summed E-state index contributed by atoms with van der Waals surface area (Å²) in [5.74, 6) is -3.33. The van der Waals surface area contributed by atoms with Gasteiger partial charge in [-0.1, -0.05) is 68.3 Å². The first-order valence-electron chi connectivity index (χ1n) is 11.7. The molecule has 0 heterocycles. The number of ether oxygens (including phenoxy) is 1. The van der Waals surface area contributed by atoms with Crippen LogP contribution in [0.15, 0.2) is 48.5 Å². The van der Waals surface area contributed by atoms with Crippen LogP contribution in [0, 0.1) is 0 Å². The van der Waals surface area contributed by atoms with Gasteiger partial charge in [0.15, 0.2) is 0 Å². The van der Waals surface area contributed by atoms with Crippen LogP contribution in [0.2, 0.25) is 0 Å². The second-order valence-corrected chi connectivity index (χ2v) is 8.50. The van der Waals surface area contributed by atoms with Crippen LogP contribution in [0.3, 0.4) is 0 Å². The summed E-state index contributed by atoms with van der Waals surface area (Å²) in [7, 11) is 0. The molecule has 2 amide bonds. The van der Waals surface area contributed by atoms with Gasteiger partial charge in [-0.05, 0) is 35.1 Å². The SMILES string of the molecule is CCCC[C@H](NC(=O)OCC1c2ccccc2-c2ccccc21)C(=O)N[C@@H](CCC(=O)O)C(=O)O. The van der Waals surface area contributed by atoms with Gasteiger partial charge in [-0.15, -0.1) is 0 Å². The molecule has 2 atom stereocenters. The Bertz CT molecular complexity index is 1040. The number of rotatable bonds is 12. The average Bonchev–Trinajstić information content (AvgIpc) is 3.16. The van der Waals surface area contributed by atoms with Crippen molar-refractivity contribution in [3.05, 3.63) is 59.7 Å². The van der Waals surface area contributed by atoms with Crippen molar-refractivity contribution in [2.45, 2.75) is 57.0 Å². The maximum atomic E-state index is 12.7. The van der Waals surface area contributed by atoms with Crippen LogP contribution in [0.4, 0.5) is 4.79 Å². The molecule has 1 aliphatic carbocycles. The van der Waals surface area contributed by atoms with Gasteiger partial charge in [0.1, 0.15) is 18.7 Å². The van der Waals surface area contributed by atoms with Crippen LogP contribution in [0.5, 0.6) is 0 Å². The van der Waals surface area contributed by atoms with Gasteiger partial charge in [-0.25, -0.2) is 9.59 Å². The Morgan fingerprint density at radius 3 is 2.03 bits per heavy atom. The summed E-state index contributed by atoms with van der Waals surface area (Å²) in [6.07, 6.45) is 0.225. The zero-order chi connectivity index (χ0) is 25.4. The van der Waals surface area contributed by atoms with E-state index in [0.29, 0.717) is 6.42 Å². The first-order chi connectivity index (χ1) is 16.8. The molecule has 2 aromatic carbocycles. The maximum Gasteiger partial charge on any atom is 0.407 e. The van der Waals surface area contributed by atoms with Crippen molar-refractivity contribution in [3.63, 3.8) is 0 Å². The van der Waals surface area contributed by atoms with Crippen molar-refractivity contribution in [3.8, 4) is 11.1 Å². The van der Waals surface area contributed by atoms with E-state index in [0.717, 1.165) is 28.7 Å². The molecule has 9 heteroatoms. The van der Waals surface area contributed by atoms with Gasteiger partial charge in [-0.3, -0.25) is 9.59 Å². The fourth-order valence-electron chi connectivity index (χ4n) is 4.26. The van der Waals surface area contributed by atoms with Gasteiger partial charge in [0.05, 0.1) is 0 Å². The van der Waals surface area contributed by atoms with Crippen molar-refractivity contribution < 1.29 is 34.1 Å². The third kappa shape index (κ3) is 6.59. The molecule has 0 saturated heterocycles. The van der Waals surface area contributed by atoms with E-state index in [-0.39, 0.29) is 25.4 Å². The number of unbranched alkanes of at least 4 members (excludes halogenated alkanes) is 1. The first-order valence-corrected chi connectivity index (χ1v) is 11.7. The molecule has 0 spiro atoms. The zero-order valence-corrected chi connectivity index (χ0v) is 19.5. The van der Waals surface area contributed by atoms with Gasteiger partial charge in [0.25, 0.3) is 0 Å². The van der Waals surface area contributed by atoms with E-state index in [1.165, 1.54) is 0 Å². The molecule has 0 aliphatic heterocycles. The molecule has 186 valence electrons. The number of amides is 2. The van der Waals surface area contributed by atoms with Crippen molar-refractivity contribution in [1.29, 1.82) is 0 Å². The molecule has 35 heavy (non-hydrogen) atoms. The summed E-state index contributed by atoms with van der Waals surface area (Å²) in [5.41, 5.74) is 4.31. The minimum atomic E-state index is -1.37. The number of carboxylic acid groups (broad SMARTS) is 2. The van der Waals surface area contributed by atoms with Gasteiger partial charge in [0.2, 0.25) is 5.91 Å². The molecule has 0 saturated carbocycles. The van der Waals surface area contributed by atoms with E-state index in [9.17, 15) is 24.3 Å². The minimum Gasteiger partial charge on any atom is -0.481 e. The third-order valence-electron chi connectivity index (χ3n) is 6.06. The predicted molar refractivity (Wildman–Crippen MR) is 128 cm³/mol. The molecule has 0 radical (unpaired) electrons. The fraction of sp³-hybridized carbons (Fsp3) is 0.385. The van der Waals surface area contributed by atoms with Gasteiger partial charge >= 0.3 is 18.0 Å². The predicted octanol–water partition coefficient (Wildman–Crippen LogP) is 3.52. The maximum absolute atomic E-state index is 12.7. The lowest BCUT2D eigenvalue weighted by Gasteiger charge is -2.21. The number of benzene rings is 2. The van der Waals surface area contributed by atoms with E-state index in [1.807, 2.05) is 55.5 Å². The summed E-state index contributed by atoms with van der Waals surface area (Å²) < 4.78 is 5.51. The normalized spacial score (nSPS) is 13.7. The molecular formula is C26H30N2O7. The Kier molecular flexibility index (Phi) is 8.83. The molecule has 2 aromatic rings. The van der Waals surface area contributed by atoms with Crippen LogP contribution in [-0.4, -0.2) is 52.8 Å². The summed E-state index contributed by atoms with van der Waals surface area (Å²) in [5, 5.41) is 23.0. The zero-order valence-electron chi connectivity index (χ0n) is 19.5. The summed E-state index contributed by atoms with van der Waals surface area (Å²) >= 11 is 0. The molecule has 0 bridgehead atoms. The number of hydrogen-bond donors (Lipinski definition) is 4. The number of alkyl carbamates (subject to hydrolysis) is 1. The minimum absolute atomic E-state index is 0.0817. The Morgan fingerprint density at radius 2 is 1.49 bits per heavy atom. The second-order valence-electron chi connectivity index (χ2n) is 8.50. The first kappa shape index (κ1) is 25.7. The van der Waals surface area contributed by atoms with Crippen LogP contribution in [0.1, 0.15) is 56.1 Å². The Hall–Kier alpha value is -3.88. The average molecular weight is 483 g/mol. The Morgan fingerprint density at radius 1 is 0.886 bits per heavy atom. The topological polar surface area (TPSA) is 142 Å². The van der Waals surface area contributed by atoms with Crippen molar-refractivity contribution >= 4 is 23.9 Å². The number of carboxylic acids is 2. The molecule has 3 rings (SSSR count). The molecular weight excluding hydrogens is 452 g/mol. The van der Waals surface area contributed by atoms with E-state index in [2.05, 4.69) is 10.6 Å². The van der Waals surface area contributed by atoms with Crippen molar-refractivity contribution in [1.82, 2.24) is 10.6 Å². The Balaban J connectivity index is 1.64. The highest BCUT2D eigenvalue weighted by molar-refractivity contribution is 5.89. The molecule has 9 nitrogen and oxygen atoms in total. The third-order valence-corrected chi connectivity index (χ3v) is 6.06. The highest BCUT2D eigenvalue weighted by atomic mass is 16.5. The highest BCUT2D eigenvalue weighted by Crippen LogP contribution is 2.44. The van der Waals surface area contributed by atoms with E-state index in [1.54, 1.807) is 0 Å². The molecule has 4 N–H and O–H groups in total. The summed E-state index contributed by atoms with van der Waals surface area (Å²) in [4.78, 5) is 47.6. The number of aliphatic carboxylic acids is 2. The van der Waals surface area contributed by atoms with Crippen LogP contribution >= 0.6 is 0 Å². The van der Waals surface area contributed by atoms with Crippen LogP contribution in [-0.2, 0) is 19.1 Å². The largest absolute Gasteiger partial charge is 0.481 e. The van der Waals surface area contributed by atoms with Crippen LogP contribution in [0.25, 0.3) is 11.1 Å². The van der Waals surface area contributed by atoms with E-state index in [4.69, 9.17) is 9.84 Å². The quantitative estimate of drug-likeness (QED) is 0.363. The highest BCUT2D eigenvalue weighted by Gasteiger charge is 2.30. The number of carbonyl (C=O) groups excluding carboxylic acids is 2. The standard InChI is InChI=1S/C26H30N2O7/c1-2-3-12-21(24(31)27-22(25(32)33)13-14-23(29)30)28-26(34)35-15-20-18-10-6-4-8-16(18)17-9-5-7-11-19(17)20/h4-11,20-22H,2-3,12-15H2,1H3,(H,27,31)(H,28,34)(H,29,30)(H,32,33)/t21-,22-/m0/s1. The van der Waals surface area contributed by atoms with E-state index < -0.39 is 42.4 Å². The molecule has 0 aromatic heterocycles. The lowest BCUT2D eigenvalue weighted by molar-refractivity contribution is -0.143. The second kappa shape index (κ2) is 12.0. The smallest absolute Gasteiger partial charge is 0.407 e. The monoisotopic (exact) mass is 482 g/mol. The lowest BCUT2D eigenvalue weighted by atomic mass is 9.98. The van der Waals surface area contributed by atoms with E-state index >= 15 is 0 Å². The molecule has 0 fully saturated rings. The van der Waals surface area contributed by atoms with Gasteiger partial charge in [0, 0.05) is 12.3 Å². The number of nitrogens with one attached hydrogen (secondary N) is 2. The lowest BCUT2D eigenvalue weighted by Crippen LogP contribution is -2.51. The molecule has 1 aliphatic rings. The van der Waals surface area contributed by atoms with Crippen molar-refractivity contribution in [2.75, 3.05) is 6.61 Å². The summed E-state index contributed by atoms with van der Waals surface area (Å²) in [6.45, 7) is 2.01. The van der Waals surface area contributed by atoms with Gasteiger partial charge < -0.3 is 25.6 Å². The number of fused-ring (bicyclic) bond motifs is 3. The van der Waals surface area contributed by atoms with Gasteiger partial charge in [-0.2, -0.15) is 0 Å². The molecule has 0 unspecified atom stereocenters. The summed E-state index contributed by atoms with van der Waals surface area (Å²) in [6, 6.07) is 13.5. The number of hydrogen-bond acceptors (Lipinski definition) is 5. The van der Waals surface area contributed by atoms with Crippen molar-refractivity contribution in [2.24, 2.45) is 0 Å².